The summed E-state index contributed by atoms with van der Waals surface area (Å²) in [4.78, 5) is 17.0. The van der Waals surface area contributed by atoms with Crippen LogP contribution in [-0.2, 0) is 24.4 Å². The van der Waals surface area contributed by atoms with Crippen LogP contribution in [0.25, 0.3) is 0 Å². The zero-order valence-electron chi connectivity index (χ0n) is 17.9. The molecule has 2 aromatic carbocycles. The van der Waals surface area contributed by atoms with Crippen LogP contribution in [0, 0.1) is 12.8 Å². The molecule has 0 unspecified atom stereocenters. The molecule has 2 N–H and O–H groups in total. The molecule has 0 radical (unpaired) electrons. The number of carbonyl (C=O) groups is 1. The van der Waals surface area contributed by atoms with E-state index in [-0.39, 0.29) is 4.90 Å². The number of benzene rings is 2. The summed E-state index contributed by atoms with van der Waals surface area (Å²) in [5, 5.41) is 11.0. The van der Waals surface area contributed by atoms with Crippen LogP contribution >= 0.6 is 0 Å². The summed E-state index contributed by atoms with van der Waals surface area (Å²) in [5.41, 5.74) is 3.88. The first-order chi connectivity index (χ1) is 14.7. The van der Waals surface area contributed by atoms with Gasteiger partial charge in [0, 0.05) is 0 Å². The quantitative estimate of drug-likeness (QED) is 0.629. The van der Waals surface area contributed by atoms with Gasteiger partial charge in [-0.1, -0.05) is 55.0 Å². The van der Waals surface area contributed by atoms with E-state index in [1.54, 1.807) is 19.1 Å². The Balaban J connectivity index is 2.02. The third-order valence-corrected chi connectivity index (χ3v) is 7.48. The van der Waals surface area contributed by atoms with Crippen LogP contribution in [0.1, 0.15) is 31.1 Å². The number of sulfonamides is 1. The number of hydroxylamine groups is 1. The molecular formula is C22H28N2O6S. The minimum Gasteiger partial charge on any atom is -0.388 e. The summed E-state index contributed by atoms with van der Waals surface area (Å²) in [6.45, 7) is 5.08. The lowest BCUT2D eigenvalue weighted by atomic mass is 10.0. The standard InChI is InChI=1S/C22H28N2O6S/c1-14-10-12-18(13-11-14)31(27,28)24-16(3)20(17-8-6-5-7-9-17)30-22(24)19(25)15(2)21(26)23-29-4/h5-13,15-16,19-20,22,25H,1-4H3,(H,23,26)/t15-,16+,19+,20+,22+/m0/s1. The lowest BCUT2D eigenvalue weighted by molar-refractivity contribution is -0.145. The number of aliphatic hydroxyl groups is 1. The Bertz CT molecular complexity index is 996. The lowest BCUT2D eigenvalue weighted by Crippen LogP contribution is -2.50. The molecule has 0 aromatic heterocycles. The number of aliphatic hydroxyl groups excluding tert-OH is 1. The molecule has 2 aromatic rings. The molecule has 1 saturated heterocycles. The highest BCUT2D eigenvalue weighted by atomic mass is 32.2. The molecule has 1 aliphatic rings. The van der Waals surface area contributed by atoms with Gasteiger partial charge in [0.05, 0.1) is 24.0 Å². The first-order valence-electron chi connectivity index (χ1n) is 10.00. The van der Waals surface area contributed by atoms with Gasteiger partial charge in [0.15, 0.2) is 6.23 Å². The molecule has 1 fully saturated rings. The maximum atomic E-state index is 13.6. The number of amides is 1. The van der Waals surface area contributed by atoms with Crippen molar-refractivity contribution in [2.75, 3.05) is 7.11 Å². The van der Waals surface area contributed by atoms with Crippen molar-refractivity contribution >= 4 is 15.9 Å². The number of nitrogens with zero attached hydrogens (tertiary/aromatic N) is 1. The van der Waals surface area contributed by atoms with E-state index in [1.807, 2.05) is 37.3 Å². The van der Waals surface area contributed by atoms with Crippen LogP contribution in [0.3, 0.4) is 0 Å². The third-order valence-electron chi connectivity index (χ3n) is 5.52. The summed E-state index contributed by atoms with van der Waals surface area (Å²) in [7, 11) is -2.74. The van der Waals surface area contributed by atoms with E-state index >= 15 is 0 Å². The molecule has 168 valence electrons. The normalized spacial score (nSPS) is 24.0. The van der Waals surface area contributed by atoms with Crippen LogP contribution in [0.4, 0.5) is 0 Å². The summed E-state index contributed by atoms with van der Waals surface area (Å²) >= 11 is 0. The molecule has 0 spiro atoms. The number of ether oxygens (including phenoxy) is 1. The number of rotatable bonds is 7. The average molecular weight is 449 g/mol. The molecule has 31 heavy (non-hydrogen) atoms. The average Bonchev–Trinajstić information content (AvgIpc) is 3.11. The van der Waals surface area contributed by atoms with Crippen molar-refractivity contribution < 1.29 is 27.9 Å². The second kappa shape index (κ2) is 9.46. The fourth-order valence-electron chi connectivity index (χ4n) is 3.70. The molecule has 0 bridgehead atoms. The number of aryl methyl sites for hydroxylation is 1. The molecular weight excluding hydrogens is 420 g/mol. The predicted molar refractivity (Wildman–Crippen MR) is 114 cm³/mol. The smallest absolute Gasteiger partial charge is 0.249 e. The summed E-state index contributed by atoms with van der Waals surface area (Å²) in [6, 6.07) is 15.1. The maximum Gasteiger partial charge on any atom is 0.249 e. The molecule has 0 saturated carbocycles. The fourth-order valence-corrected chi connectivity index (χ4v) is 5.42. The topological polar surface area (TPSA) is 105 Å². The predicted octanol–water partition coefficient (Wildman–Crippen LogP) is 2.15. The van der Waals surface area contributed by atoms with Crippen molar-refractivity contribution in [3.05, 3.63) is 65.7 Å². The third kappa shape index (κ3) is 4.65. The summed E-state index contributed by atoms with van der Waals surface area (Å²) in [6.07, 6.45) is -3.30. The van der Waals surface area contributed by atoms with E-state index in [0.717, 1.165) is 15.4 Å². The van der Waals surface area contributed by atoms with Crippen molar-refractivity contribution in [2.45, 2.75) is 50.1 Å². The van der Waals surface area contributed by atoms with Crippen molar-refractivity contribution in [3.63, 3.8) is 0 Å². The Kier molecular flexibility index (Phi) is 7.13. The van der Waals surface area contributed by atoms with E-state index in [1.165, 1.54) is 26.2 Å². The first kappa shape index (κ1) is 23.4. The van der Waals surface area contributed by atoms with Gasteiger partial charge in [0.1, 0.15) is 12.2 Å². The van der Waals surface area contributed by atoms with Crippen LogP contribution in [0.5, 0.6) is 0 Å². The molecule has 8 nitrogen and oxygen atoms in total. The lowest BCUT2D eigenvalue weighted by Gasteiger charge is -2.31. The Morgan fingerprint density at radius 3 is 2.35 bits per heavy atom. The largest absolute Gasteiger partial charge is 0.388 e. The number of hydrogen-bond acceptors (Lipinski definition) is 6. The highest BCUT2D eigenvalue weighted by molar-refractivity contribution is 7.89. The Labute approximate surface area is 182 Å². The van der Waals surface area contributed by atoms with Gasteiger partial charge in [-0.25, -0.2) is 13.9 Å². The van der Waals surface area contributed by atoms with Gasteiger partial charge in [-0.05, 0) is 31.5 Å². The Morgan fingerprint density at radius 2 is 1.77 bits per heavy atom. The van der Waals surface area contributed by atoms with Crippen LogP contribution in [-0.4, -0.2) is 49.2 Å². The number of carbonyl (C=O) groups excluding carboxylic acids is 1. The van der Waals surface area contributed by atoms with Crippen LogP contribution < -0.4 is 5.48 Å². The highest BCUT2D eigenvalue weighted by Crippen LogP contribution is 2.40. The second-order valence-electron chi connectivity index (χ2n) is 7.70. The minimum atomic E-state index is -4.03. The van der Waals surface area contributed by atoms with Gasteiger partial charge in [0.25, 0.3) is 0 Å². The Hall–Kier alpha value is -2.30. The first-order valence-corrected chi connectivity index (χ1v) is 11.4. The van der Waals surface area contributed by atoms with E-state index in [9.17, 15) is 18.3 Å². The SMILES string of the molecule is CONC(=O)[C@@H](C)[C@@H](O)[C@H]1O[C@@H](c2ccccc2)[C@@H](C)N1S(=O)(=O)c1ccc(C)cc1. The minimum absolute atomic E-state index is 0.0912. The van der Waals surface area contributed by atoms with Crippen molar-refractivity contribution in [3.8, 4) is 0 Å². The second-order valence-corrected chi connectivity index (χ2v) is 9.54. The zero-order valence-corrected chi connectivity index (χ0v) is 18.7. The zero-order chi connectivity index (χ0) is 22.8. The maximum absolute atomic E-state index is 13.6. The molecule has 3 rings (SSSR count). The van der Waals surface area contributed by atoms with Gasteiger partial charge in [-0.15, -0.1) is 0 Å². The van der Waals surface area contributed by atoms with Crippen molar-refractivity contribution in [1.29, 1.82) is 0 Å². The van der Waals surface area contributed by atoms with Gasteiger partial charge in [-0.3, -0.25) is 9.63 Å². The monoisotopic (exact) mass is 448 g/mol. The molecule has 5 atom stereocenters. The van der Waals surface area contributed by atoms with Crippen molar-refractivity contribution in [1.82, 2.24) is 9.79 Å². The van der Waals surface area contributed by atoms with Gasteiger partial charge < -0.3 is 9.84 Å². The van der Waals surface area contributed by atoms with E-state index in [0.29, 0.717) is 0 Å². The molecule has 0 aliphatic carbocycles. The molecule has 9 heteroatoms. The van der Waals surface area contributed by atoms with Crippen molar-refractivity contribution in [2.24, 2.45) is 5.92 Å². The van der Waals surface area contributed by atoms with E-state index < -0.39 is 46.3 Å². The highest BCUT2D eigenvalue weighted by Gasteiger charge is 2.51. The van der Waals surface area contributed by atoms with Gasteiger partial charge in [-0.2, -0.15) is 4.31 Å². The number of hydrogen-bond donors (Lipinski definition) is 2. The van der Waals surface area contributed by atoms with Gasteiger partial charge in [0.2, 0.25) is 15.9 Å². The molecule has 1 heterocycles. The number of nitrogens with one attached hydrogen (secondary N) is 1. The summed E-state index contributed by atoms with van der Waals surface area (Å²) < 4.78 is 34.4. The van der Waals surface area contributed by atoms with Crippen LogP contribution in [0.15, 0.2) is 59.5 Å². The summed E-state index contributed by atoms with van der Waals surface area (Å²) in [5.74, 6) is -1.57. The Morgan fingerprint density at radius 1 is 1.16 bits per heavy atom. The fraction of sp³-hybridized carbons (Fsp3) is 0.409. The molecule has 1 amide bonds. The van der Waals surface area contributed by atoms with E-state index in [4.69, 9.17) is 4.74 Å². The van der Waals surface area contributed by atoms with Gasteiger partial charge >= 0.3 is 0 Å². The molecule has 1 aliphatic heterocycles. The van der Waals surface area contributed by atoms with Crippen LogP contribution in [0.2, 0.25) is 0 Å². The van der Waals surface area contributed by atoms with E-state index in [2.05, 4.69) is 10.3 Å².